The molecule has 1 aliphatic heterocycles. The molecule has 144 valence electrons. The maximum absolute atomic E-state index is 13.1. The summed E-state index contributed by atoms with van der Waals surface area (Å²) in [7, 11) is 1.97. The van der Waals surface area contributed by atoms with Gasteiger partial charge in [-0.2, -0.15) is 5.10 Å². The molecule has 0 bridgehead atoms. The molecule has 4 rings (SSSR count). The van der Waals surface area contributed by atoms with Crippen LogP contribution in [0.15, 0.2) is 64.4 Å². The van der Waals surface area contributed by atoms with Gasteiger partial charge in [0.2, 0.25) is 0 Å². The van der Waals surface area contributed by atoms with E-state index in [9.17, 15) is 9.18 Å². The van der Waals surface area contributed by atoms with Gasteiger partial charge in [0.25, 0.3) is 5.91 Å². The van der Waals surface area contributed by atoms with Gasteiger partial charge in [0.05, 0.1) is 23.7 Å². The quantitative estimate of drug-likeness (QED) is 0.660. The van der Waals surface area contributed by atoms with E-state index in [1.54, 1.807) is 39.8 Å². The molecule has 0 aliphatic carbocycles. The number of amides is 1. The molecule has 3 heterocycles. The van der Waals surface area contributed by atoms with Crippen LogP contribution < -0.4 is 4.90 Å². The summed E-state index contributed by atoms with van der Waals surface area (Å²) in [5, 5.41) is 10.4. The Morgan fingerprint density at radius 1 is 1.18 bits per heavy atom. The molecule has 0 saturated carbocycles. The second kappa shape index (κ2) is 8.34. The van der Waals surface area contributed by atoms with Gasteiger partial charge in [0.1, 0.15) is 12.4 Å². The Hall–Kier alpha value is -2.35. The van der Waals surface area contributed by atoms with Crippen molar-refractivity contribution in [1.82, 2.24) is 5.01 Å². The van der Waals surface area contributed by atoms with Crippen molar-refractivity contribution in [3.63, 3.8) is 0 Å². The molecule has 2 aromatic heterocycles. The molecule has 1 amide bonds. The average molecular weight is 415 g/mol. The molecule has 2 atom stereocenters. The third-order valence-electron chi connectivity index (χ3n) is 4.72. The van der Waals surface area contributed by atoms with Crippen molar-refractivity contribution >= 4 is 34.3 Å². The normalized spacial score (nSPS) is 17.6. The third-order valence-corrected chi connectivity index (χ3v) is 6.61. The third kappa shape index (κ3) is 4.22. The summed E-state index contributed by atoms with van der Waals surface area (Å²) in [5.74, 6) is -0.242. The molecule has 4 nitrogen and oxygen atoms in total. The number of benzene rings is 1. The zero-order valence-corrected chi connectivity index (χ0v) is 17.1. The summed E-state index contributed by atoms with van der Waals surface area (Å²) in [5.41, 5.74) is 1.98. The number of rotatable bonds is 6. The standard InChI is InChI=1S/C21H20FN3OS2/c1-24(13-15-6-8-16(22)9-7-15)14-21(26)25-18(20-5-3-11-28-20)12-17(23-25)19-4-2-10-27-19/h2-11,18H,12-14H2,1H3/p+1/t18-/m0/s1. The maximum Gasteiger partial charge on any atom is 0.298 e. The second-order valence-corrected chi connectivity index (χ2v) is 8.86. The van der Waals surface area contributed by atoms with E-state index >= 15 is 0 Å². The minimum absolute atomic E-state index is 0.00423. The second-order valence-electron chi connectivity index (χ2n) is 6.93. The predicted octanol–water partition coefficient (Wildman–Crippen LogP) is 3.34. The summed E-state index contributed by atoms with van der Waals surface area (Å²) in [6.07, 6.45) is 0.740. The van der Waals surface area contributed by atoms with E-state index in [0.29, 0.717) is 13.1 Å². The lowest BCUT2D eigenvalue weighted by Crippen LogP contribution is -3.08. The minimum Gasteiger partial charge on any atom is -0.326 e. The van der Waals surface area contributed by atoms with Gasteiger partial charge in [-0.05, 0) is 35.0 Å². The van der Waals surface area contributed by atoms with E-state index < -0.39 is 0 Å². The zero-order chi connectivity index (χ0) is 19.5. The predicted molar refractivity (Wildman–Crippen MR) is 111 cm³/mol. The summed E-state index contributed by atoms with van der Waals surface area (Å²) in [6, 6.07) is 14.5. The Labute approximate surface area is 171 Å². The first-order chi connectivity index (χ1) is 13.6. The lowest BCUT2D eigenvalue weighted by atomic mass is 10.1. The van der Waals surface area contributed by atoms with E-state index in [0.717, 1.165) is 32.4 Å². The van der Waals surface area contributed by atoms with Crippen LogP contribution in [-0.4, -0.2) is 30.2 Å². The number of hydrazone groups is 1. The van der Waals surface area contributed by atoms with Crippen molar-refractivity contribution in [3.8, 4) is 0 Å². The number of likely N-dealkylation sites (N-methyl/N-ethyl adjacent to an activating group) is 1. The number of carbonyl (C=O) groups is 1. The van der Waals surface area contributed by atoms with Crippen LogP contribution in [0.3, 0.4) is 0 Å². The van der Waals surface area contributed by atoms with Crippen molar-refractivity contribution in [2.45, 2.75) is 19.0 Å². The first-order valence-corrected chi connectivity index (χ1v) is 10.9. The molecule has 3 aromatic rings. The van der Waals surface area contributed by atoms with Crippen molar-refractivity contribution in [2.75, 3.05) is 13.6 Å². The van der Waals surface area contributed by atoms with Crippen LogP contribution in [0.1, 0.15) is 27.8 Å². The van der Waals surface area contributed by atoms with Crippen molar-refractivity contribution in [3.05, 3.63) is 80.4 Å². The van der Waals surface area contributed by atoms with Gasteiger partial charge < -0.3 is 4.90 Å². The van der Waals surface area contributed by atoms with E-state index in [1.807, 2.05) is 29.9 Å². The van der Waals surface area contributed by atoms with Crippen LogP contribution in [-0.2, 0) is 11.3 Å². The van der Waals surface area contributed by atoms with E-state index in [-0.39, 0.29) is 17.8 Å². The first-order valence-electron chi connectivity index (χ1n) is 9.12. The fourth-order valence-electron chi connectivity index (χ4n) is 3.39. The topological polar surface area (TPSA) is 37.1 Å². The molecule has 0 radical (unpaired) electrons. The number of hydrogen-bond donors (Lipinski definition) is 1. The fourth-order valence-corrected chi connectivity index (χ4v) is 4.92. The summed E-state index contributed by atoms with van der Waals surface area (Å²) in [4.78, 5) is 16.4. The van der Waals surface area contributed by atoms with Gasteiger partial charge in [-0.15, -0.1) is 22.7 Å². The highest BCUT2D eigenvalue weighted by atomic mass is 32.1. The van der Waals surface area contributed by atoms with Gasteiger partial charge in [0.15, 0.2) is 6.54 Å². The van der Waals surface area contributed by atoms with Crippen LogP contribution in [0, 0.1) is 5.82 Å². The highest BCUT2D eigenvalue weighted by molar-refractivity contribution is 7.12. The number of halogens is 1. The monoisotopic (exact) mass is 414 g/mol. The van der Waals surface area contributed by atoms with Gasteiger partial charge in [-0.1, -0.05) is 24.3 Å². The maximum atomic E-state index is 13.1. The molecular formula is C21H21FN3OS2+. The molecule has 1 aliphatic rings. The van der Waals surface area contributed by atoms with Crippen molar-refractivity contribution < 1.29 is 14.1 Å². The Balaban J connectivity index is 1.49. The SMILES string of the molecule is C[NH+](CC(=O)N1N=C(c2cccs2)C[C@H]1c1cccs1)Cc1ccc(F)cc1. The van der Waals surface area contributed by atoms with Gasteiger partial charge in [-0.25, -0.2) is 9.40 Å². The Morgan fingerprint density at radius 3 is 2.61 bits per heavy atom. The molecule has 7 heteroatoms. The highest BCUT2D eigenvalue weighted by Crippen LogP contribution is 2.35. The van der Waals surface area contributed by atoms with Crippen molar-refractivity contribution in [1.29, 1.82) is 0 Å². The molecule has 0 spiro atoms. The van der Waals surface area contributed by atoms with Crippen molar-refractivity contribution in [2.24, 2.45) is 5.10 Å². The molecule has 0 fully saturated rings. The number of nitrogens with one attached hydrogen (secondary N) is 1. The average Bonchev–Trinajstić information content (AvgIpc) is 3.43. The van der Waals surface area contributed by atoms with Gasteiger partial charge >= 0.3 is 0 Å². The number of quaternary nitrogens is 1. The lowest BCUT2D eigenvalue weighted by molar-refractivity contribution is -0.885. The molecule has 28 heavy (non-hydrogen) atoms. The minimum atomic E-state index is -0.247. The van der Waals surface area contributed by atoms with Crippen LogP contribution in [0.2, 0.25) is 0 Å². The first kappa shape index (κ1) is 19.0. The molecule has 1 unspecified atom stereocenters. The zero-order valence-electron chi connectivity index (χ0n) is 15.5. The van der Waals surface area contributed by atoms with E-state index in [2.05, 4.69) is 12.1 Å². The largest absolute Gasteiger partial charge is 0.326 e. The highest BCUT2D eigenvalue weighted by Gasteiger charge is 2.35. The Kier molecular flexibility index (Phi) is 5.66. The number of carbonyl (C=O) groups excluding carboxylic acids is 1. The van der Waals surface area contributed by atoms with Gasteiger partial charge in [0, 0.05) is 16.9 Å². The lowest BCUT2D eigenvalue weighted by Gasteiger charge is -2.22. The van der Waals surface area contributed by atoms with Crippen LogP contribution in [0.5, 0.6) is 0 Å². The number of thiophene rings is 2. The Bertz CT molecular complexity index is 952. The fraction of sp³-hybridized carbons (Fsp3) is 0.238. The van der Waals surface area contributed by atoms with Crippen LogP contribution in [0.4, 0.5) is 4.39 Å². The molecule has 0 saturated heterocycles. The summed E-state index contributed by atoms with van der Waals surface area (Å²) in [6.45, 7) is 0.992. The van der Waals surface area contributed by atoms with Crippen LogP contribution in [0.25, 0.3) is 0 Å². The summed E-state index contributed by atoms with van der Waals surface area (Å²) >= 11 is 3.31. The molecule has 1 aromatic carbocycles. The van der Waals surface area contributed by atoms with Gasteiger partial charge in [-0.3, -0.25) is 4.79 Å². The number of nitrogens with zero attached hydrogens (tertiary/aromatic N) is 2. The molecule has 1 N–H and O–H groups in total. The van der Waals surface area contributed by atoms with E-state index in [1.165, 1.54) is 12.1 Å². The number of hydrogen-bond acceptors (Lipinski definition) is 4. The Morgan fingerprint density at radius 2 is 1.93 bits per heavy atom. The van der Waals surface area contributed by atoms with Crippen LogP contribution >= 0.6 is 22.7 Å². The van der Waals surface area contributed by atoms with E-state index in [4.69, 9.17) is 5.10 Å². The smallest absolute Gasteiger partial charge is 0.298 e. The molecular weight excluding hydrogens is 393 g/mol. The summed E-state index contributed by atoms with van der Waals surface area (Å²) < 4.78 is 13.1.